The molecule has 2 fully saturated rings. The Labute approximate surface area is 140 Å². The zero-order valence-electron chi connectivity index (χ0n) is 13.4. The summed E-state index contributed by atoms with van der Waals surface area (Å²) in [5.41, 5.74) is 0. The van der Waals surface area contributed by atoms with Gasteiger partial charge in [-0.2, -0.15) is 4.98 Å². The molecule has 1 aliphatic heterocycles. The minimum atomic E-state index is 0.138. The molecule has 8 heteroatoms. The van der Waals surface area contributed by atoms with Crippen LogP contribution < -0.4 is 0 Å². The molecule has 0 bridgehead atoms. The molecule has 4 rings (SSSR count). The Morgan fingerprint density at radius 1 is 1.30 bits per heavy atom. The largest absolute Gasteiger partial charge is 0.338 e. The van der Waals surface area contributed by atoms with Crippen LogP contribution in [0.15, 0.2) is 10.7 Å². The molecule has 2 aromatic heterocycles. The lowest BCUT2D eigenvalue weighted by Crippen LogP contribution is -2.46. The Balaban J connectivity index is 1.47. The third-order valence-electron chi connectivity index (χ3n) is 4.81. The molecular weight excluding hydrogens is 316 g/mol. The molecule has 0 radical (unpaired) electrons. The number of halogens is 1. The number of hydrogen-bond acceptors (Lipinski definition) is 6. The second-order valence-electron chi connectivity index (χ2n) is 6.55. The molecule has 1 aliphatic carbocycles. The third kappa shape index (κ3) is 3.00. The van der Waals surface area contributed by atoms with Crippen LogP contribution in [0.5, 0.6) is 0 Å². The van der Waals surface area contributed by atoms with E-state index >= 15 is 0 Å². The van der Waals surface area contributed by atoms with Crippen molar-refractivity contribution in [2.75, 3.05) is 26.7 Å². The van der Waals surface area contributed by atoms with Crippen molar-refractivity contribution in [3.05, 3.63) is 28.9 Å². The summed E-state index contributed by atoms with van der Waals surface area (Å²) < 4.78 is 7.45. The summed E-state index contributed by atoms with van der Waals surface area (Å²) in [6.45, 7) is 3.58. The average molecular weight is 337 g/mol. The molecule has 1 atom stereocenters. The van der Waals surface area contributed by atoms with Crippen LogP contribution in [0.25, 0.3) is 0 Å². The van der Waals surface area contributed by atoms with Gasteiger partial charge in [-0.05, 0) is 19.9 Å². The molecule has 2 aliphatic rings. The zero-order valence-corrected chi connectivity index (χ0v) is 14.2. The van der Waals surface area contributed by atoms with Crippen molar-refractivity contribution in [2.45, 2.75) is 31.3 Å². The van der Waals surface area contributed by atoms with Gasteiger partial charge in [0.1, 0.15) is 17.0 Å². The molecule has 124 valence electrons. The fraction of sp³-hybridized carbons (Fsp3) is 0.667. The topological polar surface area (TPSA) is 63.2 Å². The van der Waals surface area contributed by atoms with Gasteiger partial charge in [0.25, 0.3) is 0 Å². The van der Waals surface area contributed by atoms with E-state index in [-0.39, 0.29) is 6.04 Å². The molecule has 23 heavy (non-hydrogen) atoms. The minimum Gasteiger partial charge on any atom is -0.338 e. The van der Waals surface area contributed by atoms with E-state index in [1.165, 1.54) is 12.8 Å². The summed E-state index contributed by atoms with van der Waals surface area (Å²) in [6, 6.07) is 0.138. The molecule has 0 N–H and O–H groups in total. The zero-order chi connectivity index (χ0) is 16.0. The second kappa shape index (κ2) is 5.89. The van der Waals surface area contributed by atoms with Crippen LogP contribution in [0.2, 0.25) is 5.15 Å². The molecule has 1 saturated carbocycles. The van der Waals surface area contributed by atoms with E-state index in [4.69, 9.17) is 16.1 Å². The third-order valence-corrected chi connectivity index (χ3v) is 5.16. The summed E-state index contributed by atoms with van der Waals surface area (Å²) in [7, 11) is 4.05. The van der Waals surface area contributed by atoms with E-state index in [0.29, 0.717) is 11.1 Å². The van der Waals surface area contributed by atoms with Gasteiger partial charge in [-0.1, -0.05) is 16.8 Å². The molecule has 0 spiro atoms. The first-order valence-corrected chi connectivity index (χ1v) is 8.42. The lowest BCUT2D eigenvalue weighted by molar-refractivity contribution is 0.0694. The van der Waals surface area contributed by atoms with Crippen LogP contribution in [0.1, 0.15) is 42.3 Å². The van der Waals surface area contributed by atoms with Crippen LogP contribution in [0.3, 0.4) is 0 Å². The van der Waals surface area contributed by atoms with Crippen LogP contribution in [-0.2, 0) is 13.6 Å². The number of nitrogens with zero attached hydrogens (tertiary/aromatic N) is 6. The first-order chi connectivity index (χ1) is 11.1. The monoisotopic (exact) mass is 336 g/mol. The summed E-state index contributed by atoms with van der Waals surface area (Å²) in [6.07, 6.45) is 4.07. The SMILES string of the molecule is CN1CCN(Cc2ncc(Cl)n2C)CC1c1nc(C2CC2)no1. The van der Waals surface area contributed by atoms with Gasteiger partial charge in [-0.25, -0.2) is 4.98 Å². The smallest absolute Gasteiger partial charge is 0.245 e. The Morgan fingerprint density at radius 3 is 2.83 bits per heavy atom. The van der Waals surface area contributed by atoms with Crippen molar-refractivity contribution >= 4 is 11.6 Å². The van der Waals surface area contributed by atoms with E-state index < -0.39 is 0 Å². The maximum atomic E-state index is 6.07. The van der Waals surface area contributed by atoms with Gasteiger partial charge in [0.05, 0.1) is 12.7 Å². The highest BCUT2D eigenvalue weighted by molar-refractivity contribution is 6.29. The highest BCUT2D eigenvalue weighted by Crippen LogP contribution is 2.38. The Bertz CT molecular complexity index is 694. The molecule has 3 heterocycles. The molecule has 7 nitrogen and oxygen atoms in total. The van der Waals surface area contributed by atoms with Gasteiger partial charge in [0.2, 0.25) is 5.89 Å². The van der Waals surface area contributed by atoms with Crippen LogP contribution in [0, 0.1) is 0 Å². The molecule has 1 unspecified atom stereocenters. The Morgan fingerprint density at radius 2 is 2.13 bits per heavy atom. The fourth-order valence-corrected chi connectivity index (χ4v) is 3.15. The standard InChI is InChI=1S/C15H21ClN6O/c1-20-5-6-22(9-13-17-7-12(16)21(13)2)8-11(20)15-18-14(19-23-15)10-3-4-10/h7,10-11H,3-6,8-9H2,1-2H3. The summed E-state index contributed by atoms with van der Waals surface area (Å²) >= 11 is 6.07. The normalized spacial score (nSPS) is 23.5. The van der Waals surface area contributed by atoms with Crippen molar-refractivity contribution in [3.63, 3.8) is 0 Å². The van der Waals surface area contributed by atoms with Gasteiger partial charge >= 0.3 is 0 Å². The quantitative estimate of drug-likeness (QED) is 0.848. The highest BCUT2D eigenvalue weighted by atomic mass is 35.5. The van der Waals surface area contributed by atoms with Crippen LogP contribution in [-0.4, -0.2) is 56.2 Å². The Kier molecular flexibility index (Phi) is 3.87. The molecular formula is C15H21ClN6O. The van der Waals surface area contributed by atoms with Crippen LogP contribution in [0.4, 0.5) is 0 Å². The van der Waals surface area contributed by atoms with E-state index in [0.717, 1.165) is 43.7 Å². The number of hydrogen-bond donors (Lipinski definition) is 0. The van der Waals surface area contributed by atoms with E-state index in [9.17, 15) is 0 Å². The van der Waals surface area contributed by atoms with Gasteiger partial charge in [-0.15, -0.1) is 0 Å². The average Bonchev–Trinajstić information content (AvgIpc) is 3.21. The maximum Gasteiger partial charge on any atom is 0.245 e. The lowest BCUT2D eigenvalue weighted by atomic mass is 10.1. The first kappa shape index (κ1) is 15.1. The van der Waals surface area contributed by atoms with Crippen molar-refractivity contribution in [3.8, 4) is 0 Å². The predicted octanol–water partition coefficient (Wildman–Crippen LogP) is 1.82. The highest BCUT2D eigenvalue weighted by Gasteiger charge is 2.34. The lowest BCUT2D eigenvalue weighted by Gasteiger charge is -2.37. The van der Waals surface area contributed by atoms with E-state index in [1.807, 2.05) is 11.6 Å². The van der Waals surface area contributed by atoms with Crippen molar-refractivity contribution in [2.24, 2.45) is 7.05 Å². The van der Waals surface area contributed by atoms with E-state index in [2.05, 4.69) is 32.0 Å². The first-order valence-electron chi connectivity index (χ1n) is 8.04. The summed E-state index contributed by atoms with van der Waals surface area (Å²) in [4.78, 5) is 13.7. The van der Waals surface area contributed by atoms with Gasteiger partial charge < -0.3 is 9.09 Å². The molecule has 0 amide bonds. The van der Waals surface area contributed by atoms with Gasteiger partial charge in [0.15, 0.2) is 5.82 Å². The molecule has 2 aromatic rings. The maximum absolute atomic E-state index is 6.07. The van der Waals surface area contributed by atoms with E-state index in [1.54, 1.807) is 6.20 Å². The number of aromatic nitrogens is 4. The predicted molar refractivity (Wildman–Crippen MR) is 85.1 cm³/mol. The van der Waals surface area contributed by atoms with Crippen molar-refractivity contribution in [1.29, 1.82) is 0 Å². The second-order valence-corrected chi connectivity index (χ2v) is 6.94. The molecule has 0 aromatic carbocycles. The van der Waals surface area contributed by atoms with Crippen LogP contribution >= 0.6 is 11.6 Å². The van der Waals surface area contributed by atoms with Gasteiger partial charge in [-0.3, -0.25) is 9.80 Å². The summed E-state index contributed by atoms with van der Waals surface area (Å²) in [5.74, 6) is 3.10. The summed E-state index contributed by atoms with van der Waals surface area (Å²) in [5, 5.41) is 4.81. The van der Waals surface area contributed by atoms with Crippen molar-refractivity contribution in [1.82, 2.24) is 29.5 Å². The number of piperazine rings is 1. The Hall–Kier alpha value is -1.44. The number of likely N-dealkylation sites (N-methyl/N-ethyl adjacent to an activating group) is 1. The van der Waals surface area contributed by atoms with Crippen molar-refractivity contribution < 1.29 is 4.52 Å². The number of imidazole rings is 1. The number of rotatable bonds is 4. The minimum absolute atomic E-state index is 0.138. The van der Waals surface area contributed by atoms with Gasteiger partial charge in [0, 0.05) is 32.6 Å². The fourth-order valence-electron chi connectivity index (χ4n) is 3.00. The molecule has 1 saturated heterocycles.